The third-order valence-electron chi connectivity index (χ3n) is 4.93. The lowest BCUT2D eigenvalue weighted by Gasteiger charge is -2.22. The lowest BCUT2D eigenvalue weighted by molar-refractivity contribution is -0.116. The van der Waals surface area contributed by atoms with Gasteiger partial charge in [0.25, 0.3) is 5.91 Å². The first-order valence-electron chi connectivity index (χ1n) is 10.1. The van der Waals surface area contributed by atoms with Gasteiger partial charge < -0.3 is 15.5 Å². The molecule has 2 N–H and O–H groups in total. The minimum Gasteiger partial charge on any atom is -0.371 e. The third-order valence-corrected chi connectivity index (χ3v) is 4.93. The van der Waals surface area contributed by atoms with Gasteiger partial charge in [-0.3, -0.25) is 9.59 Å². The molecule has 2 amide bonds. The molecule has 6 heteroatoms. The van der Waals surface area contributed by atoms with Crippen molar-refractivity contribution in [3.8, 4) is 0 Å². The van der Waals surface area contributed by atoms with E-state index in [2.05, 4.69) is 15.5 Å². The first-order valence-corrected chi connectivity index (χ1v) is 10.1. The summed E-state index contributed by atoms with van der Waals surface area (Å²) < 4.78 is 13.1. The summed E-state index contributed by atoms with van der Waals surface area (Å²) in [5.41, 5.74) is 2.85. The zero-order chi connectivity index (χ0) is 20.8. The topological polar surface area (TPSA) is 61.4 Å². The molecule has 29 heavy (non-hydrogen) atoms. The largest absolute Gasteiger partial charge is 0.371 e. The van der Waals surface area contributed by atoms with Gasteiger partial charge >= 0.3 is 0 Å². The van der Waals surface area contributed by atoms with Crippen LogP contribution in [0.2, 0.25) is 0 Å². The Bertz CT molecular complexity index is 859. The van der Waals surface area contributed by atoms with E-state index in [0.29, 0.717) is 24.2 Å². The molecule has 2 aromatic carbocycles. The summed E-state index contributed by atoms with van der Waals surface area (Å²) in [5.74, 6) is -0.318. The molecule has 0 aromatic heterocycles. The summed E-state index contributed by atoms with van der Waals surface area (Å²) in [6, 6.07) is 11.6. The van der Waals surface area contributed by atoms with Gasteiger partial charge in [-0.2, -0.15) is 0 Å². The Hall–Kier alpha value is -2.89. The van der Waals surface area contributed by atoms with Gasteiger partial charge in [-0.1, -0.05) is 26.0 Å². The second-order valence-electron chi connectivity index (χ2n) is 7.88. The number of benzene rings is 2. The summed E-state index contributed by atoms with van der Waals surface area (Å²) >= 11 is 0. The maximum atomic E-state index is 13.1. The molecule has 1 saturated heterocycles. The van der Waals surface area contributed by atoms with Crippen LogP contribution in [0.5, 0.6) is 0 Å². The van der Waals surface area contributed by atoms with Gasteiger partial charge in [0.1, 0.15) is 5.82 Å². The molecule has 0 atom stereocenters. The number of carbonyl (C=O) groups is 2. The smallest absolute Gasteiger partial charge is 0.253 e. The lowest BCUT2D eigenvalue weighted by atomic mass is 10.1. The van der Waals surface area contributed by atoms with E-state index < -0.39 is 0 Å². The SMILES string of the molecule is CC(C)CC(=O)Nc1ccc(N2CCCC2)c(C(=O)NCc2ccc(F)cc2)c1. The molecule has 0 saturated carbocycles. The summed E-state index contributed by atoms with van der Waals surface area (Å²) in [6.07, 6.45) is 2.63. The molecular formula is C23H28FN3O2. The Morgan fingerprint density at radius 2 is 1.76 bits per heavy atom. The highest BCUT2D eigenvalue weighted by molar-refractivity contribution is 6.02. The number of anilines is 2. The number of nitrogens with zero attached hydrogens (tertiary/aromatic N) is 1. The highest BCUT2D eigenvalue weighted by atomic mass is 19.1. The van der Waals surface area contributed by atoms with Crippen LogP contribution >= 0.6 is 0 Å². The molecule has 154 valence electrons. The predicted molar refractivity (Wildman–Crippen MR) is 114 cm³/mol. The van der Waals surface area contributed by atoms with Gasteiger partial charge in [-0.05, 0) is 54.7 Å². The summed E-state index contributed by atoms with van der Waals surface area (Å²) in [6.45, 7) is 6.12. The lowest BCUT2D eigenvalue weighted by Crippen LogP contribution is -2.27. The van der Waals surface area contributed by atoms with Crippen molar-refractivity contribution < 1.29 is 14.0 Å². The maximum Gasteiger partial charge on any atom is 0.253 e. The maximum absolute atomic E-state index is 13.1. The van der Waals surface area contributed by atoms with E-state index in [4.69, 9.17) is 0 Å². The van der Waals surface area contributed by atoms with Gasteiger partial charge in [0.05, 0.1) is 5.56 Å². The van der Waals surface area contributed by atoms with Crippen LogP contribution < -0.4 is 15.5 Å². The van der Waals surface area contributed by atoms with Crippen molar-refractivity contribution in [2.24, 2.45) is 5.92 Å². The van der Waals surface area contributed by atoms with Crippen molar-refractivity contribution in [3.05, 3.63) is 59.4 Å². The van der Waals surface area contributed by atoms with Crippen LogP contribution in [0.15, 0.2) is 42.5 Å². The molecular weight excluding hydrogens is 369 g/mol. The van der Waals surface area contributed by atoms with Crippen LogP contribution in [0.3, 0.4) is 0 Å². The molecule has 1 aliphatic heterocycles. The Balaban J connectivity index is 1.78. The molecule has 0 unspecified atom stereocenters. The van der Waals surface area contributed by atoms with E-state index in [9.17, 15) is 14.0 Å². The predicted octanol–water partition coefficient (Wildman–Crippen LogP) is 4.34. The standard InChI is InChI=1S/C23H28FN3O2/c1-16(2)13-22(28)26-19-9-10-21(27-11-3-4-12-27)20(14-19)23(29)25-15-17-5-7-18(24)8-6-17/h5-10,14,16H,3-4,11-13,15H2,1-2H3,(H,25,29)(H,26,28). The van der Waals surface area contributed by atoms with Gasteiger partial charge in [0.15, 0.2) is 0 Å². The minimum absolute atomic E-state index is 0.0633. The van der Waals surface area contributed by atoms with Gasteiger partial charge in [-0.15, -0.1) is 0 Å². The van der Waals surface area contributed by atoms with Crippen LogP contribution in [-0.2, 0) is 11.3 Å². The fraction of sp³-hybridized carbons (Fsp3) is 0.391. The Morgan fingerprint density at radius 3 is 2.41 bits per heavy atom. The zero-order valence-corrected chi connectivity index (χ0v) is 17.0. The highest BCUT2D eigenvalue weighted by Crippen LogP contribution is 2.28. The fourth-order valence-electron chi connectivity index (χ4n) is 3.49. The number of halogens is 1. The van der Waals surface area contributed by atoms with Crippen molar-refractivity contribution in [1.29, 1.82) is 0 Å². The first kappa shape index (κ1) is 20.8. The molecule has 0 aliphatic carbocycles. The monoisotopic (exact) mass is 397 g/mol. The molecule has 5 nitrogen and oxygen atoms in total. The Kier molecular flexibility index (Phi) is 6.86. The Labute approximate surface area is 171 Å². The van der Waals surface area contributed by atoms with Gasteiger partial charge in [0, 0.05) is 37.4 Å². The molecule has 3 rings (SSSR count). The van der Waals surface area contributed by atoms with Crippen LogP contribution in [-0.4, -0.2) is 24.9 Å². The average Bonchev–Trinajstić information content (AvgIpc) is 3.21. The van der Waals surface area contributed by atoms with Gasteiger partial charge in [-0.25, -0.2) is 4.39 Å². The molecule has 1 fully saturated rings. The minimum atomic E-state index is -0.304. The molecule has 1 aliphatic rings. The summed E-state index contributed by atoms with van der Waals surface area (Å²) in [5, 5.41) is 5.80. The van der Waals surface area contributed by atoms with Gasteiger partial charge in [0.2, 0.25) is 5.91 Å². The van der Waals surface area contributed by atoms with Crippen LogP contribution in [0.4, 0.5) is 15.8 Å². The van der Waals surface area contributed by atoms with Crippen LogP contribution in [0, 0.1) is 11.7 Å². The van der Waals surface area contributed by atoms with E-state index >= 15 is 0 Å². The highest BCUT2D eigenvalue weighted by Gasteiger charge is 2.20. The van der Waals surface area contributed by atoms with Crippen molar-refractivity contribution >= 4 is 23.2 Å². The quantitative estimate of drug-likeness (QED) is 0.731. The van der Waals surface area contributed by atoms with Crippen molar-refractivity contribution in [1.82, 2.24) is 5.32 Å². The van der Waals surface area contributed by atoms with E-state index in [1.807, 2.05) is 26.0 Å². The van der Waals surface area contributed by atoms with Crippen molar-refractivity contribution in [2.45, 2.75) is 39.7 Å². The molecule has 0 spiro atoms. The number of hydrogen-bond donors (Lipinski definition) is 2. The fourth-order valence-corrected chi connectivity index (χ4v) is 3.49. The number of hydrogen-bond acceptors (Lipinski definition) is 3. The van der Waals surface area contributed by atoms with Crippen molar-refractivity contribution in [3.63, 3.8) is 0 Å². The van der Waals surface area contributed by atoms with Crippen LogP contribution in [0.1, 0.15) is 49.0 Å². The Morgan fingerprint density at radius 1 is 1.07 bits per heavy atom. The first-order chi connectivity index (χ1) is 13.9. The number of rotatable bonds is 7. The second kappa shape index (κ2) is 9.54. The number of nitrogens with one attached hydrogen (secondary N) is 2. The van der Waals surface area contributed by atoms with E-state index in [1.165, 1.54) is 12.1 Å². The number of carbonyl (C=O) groups excluding carboxylic acids is 2. The molecule has 2 aromatic rings. The molecule has 1 heterocycles. The normalized spacial score (nSPS) is 13.6. The van der Waals surface area contributed by atoms with E-state index in [0.717, 1.165) is 37.2 Å². The zero-order valence-electron chi connectivity index (χ0n) is 17.0. The molecule has 0 bridgehead atoms. The second-order valence-corrected chi connectivity index (χ2v) is 7.88. The van der Waals surface area contributed by atoms with E-state index in [-0.39, 0.29) is 23.5 Å². The number of amides is 2. The third kappa shape index (κ3) is 5.79. The molecule has 0 radical (unpaired) electrons. The van der Waals surface area contributed by atoms with Crippen LogP contribution in [0.25, 0.3) is 0 Å². The summed E-state index contributed by atoms with van der Waals surface area (Å²) in [4.78, 5) is 27.3. The summed E-state index contributed by atoms with van der Waals surface area (Å²) in [7, 11) is 0. The average molecular weight is 397 g/mol. The van der Waals surface area contributed by atoms with Crippen molar-refractivity contribution in [2.75, 3.05) is 23.3 Å². The van der Waals surface area contributed by atoms with E-state index in [1.54, 1.807) is 18.2 Å².